The molecule has 98 valence electrons. The number of amides is 2. The number of thioether (sulfide) groups is 2. The first-order valence-electron chi connectivity index (χ1n) is 5.32. The van der Waals surface area contributed by atoms with Gasteiger partial charge in [-0.15, -0.1) is 11.8 Å². The van der Waals surface area contributed by atoms with Gasteiger partial charge in [0.1, 0.15) is 6.04 Å². The van der Waals surface area contributed by atoms with Crippen LogP contribution in [0.25, 0.3) is 0 Å². The van der Waals surface area contributed by atoms with Crippen LogP contribution in [0.2, 0.25) is 0 Å². The Morgan fingerprint density at radius 2 is 2.29 bits per heavy atom. The second-order valence-electron chi connectivity index (χ2n) is 4.02. The van der Waals surface area contributed by atoms with Crippen LogP contribution in [0.1, 0.15) is 6.92 Å². The molecule has 1 fully saturated rings. The van der Waals surface area contributed by atoms with Crippen LogP contribution in [0.3, 0.4) is 0 Å². The Balaban J connectivity index is 2.65. The van der Waals surface area contributed by atoms with Crippen molar-refractivity contribution < 1.29 is 14.7 Å². The van der Waals surface area contributed by atoms with Crippen molar-refractivity contribution in [1.82, 2.24) is 9.80 Å². The molecule has 0 spiro atoms. The first kappa shape index (κ1) is 14.5. The number of carboxylic acid groups (broad SMARTS) is 1. The maximum atomic E-state index is 12.1. The lowest BCUT2D eigenvalue weighted by Crippen LogP contribution is -2.50. The summed E-state index contributed by atoms with van der Waals surface area (Å²) in [7, 11) is 1.73. The van der Waals surface area contributed by atoms with Crippen molar-refractivity contribution in [2.75, 3.05) is 30.7 Å². The average molecular weight is 278 g/mol. The highest BCUT2D eigenvalue weighted by Crippen LogP contribution is 2.23. The Bertz CT molecular complexity index is 301. The summed E-state index contributed by atoms with van der Waals surface area (Å²) in [5, 5.41) is 9.03. The van der Waals surface area contributed by atoms with Gasteiger partial charge < -0.3 is 14.9 Å². The highest BCUT2D eigenvalue weighted by Gasteiger charge is 2.36. The summed E-state index contributed by atoms with van der Waals surface area (Å²) in [6.07, 6.45) is 1.99. The summed E-state index contributed by atoms with van der Waals surface area (Å²) in [4.78, 5) is 26.2. The topological polar surface area (TPSA) is 60.9 Å². The molecule has 17 heavy (non-hydrogen) atoms. The molecule has 2 atom stereocenters. The van der Waals surface area contributed by atoms with Crippen LogP contribution < -0.4 is 0 Å². The third kappa shape index (κ3) is 3.45. The molecule has 0 radical (unpaired) electrons. The molecule has 1 saturated heterocycles. The Labute approximate surface area is 110 Å². The summed E-state index contributed by atoms with van der Waals surface area (Å²) in [6.45, 7) is 1.97. The molecule has 1 heterocycles. The number of urea groups is 1. The van der Waals surface area contributed by atoms with Crippen molar-refractivity contribution in [3.8, 4) is 0 Å². The maximum Gasteiger partial charge on any atom is 0.327 e. The summed E-state index contributed by atoms with van der Waals surface area (Å²) in [5.74, 6) is 0.869. The van der Waals surface area contributed by atoms with Crippen molar-refractivity contribution in [2.45, 2.75) is 19.0 Å². The highest BCUT2D eigenvalue weighted by molar-refractivity contribution is 7.99. The highest BCUT2D eigenvalue weighted by atomic mass is 32.2. The predicted molar refractivity (Wildman–Crippen MR) is 71.6 cm³/mol. The van der Waals surface area contributed by atoms with Gasteiger partial charge in [-0.3, -0.25) is 0 Å². The van der Waals surface area contributed by atoms with Crippen molar-refractivity contribution in [3.05, 3.63) is 0 Å². The Kier molecular flexibility index (Phi) is 5.45. The van der Waals surface area contributed by atoms with Gasteiger partial charge in [-0.1, -0.05) is 0 Å². The van der Waals surface area contributed by atoms with Crippen molar-refractivity contribution in [1.29, 1.82) is 0 Å². The van der Waals surface area contributed by atoms with E-state index in [-0.39, 0.29) is 12.1 Å². The fourth-order valence-corrected chi connectivity index (χ4v) is 3.42. The normalized spacial score (nSPS) is 21.4. The average Bonchev–Trinajstić information content (AvgIpc) is 2.76. The summed E-state index contributed by atoms with van der Waals surface area (Å²) in [6, 6.07) is -0.766. The molecule has 0 aromatic heterocycles. The minimum atomic E-state index is -0.922. The number of carboxylic acids is 1. The van der Waals surface area contributed by atoms with Crippen LogP contribution in [-0.2, 0) is 4.79 Å². The molecule has 0 aromatic rings. The Morgan fingerprint density at radius 1 is 1.65 bits per heavy atom. The fourth-order valence-electron chi connectivity index (χ4n) is 1.58. The second kappa shape index (κ2) is 6.39. The van der Waals surface area contributed by atoms with Crippen molar-refractivity contribution in [2.24, 2.45) is 0 Å². The van der Waals surface area contributed by atoms with E-state index in [1.54, 1.807) is 23.7 Å². The zero-order valence-electron chi connectivity index (χ0n) is 10.3. The number of aliphatic carboxylic acids is 1. The maximum absolute atomic E-state index is 12.1. The van der Waals surface area contributed by atoms with E-state index in [1.807, 2.05) is 13.2 Å². The molecular weight excluding hydrogens is 260 g/mol. The lowest BCUT2D eigenvalue weighted by Gasteiger charge is -2.30. The van der Waals surface area contributed by atoms with E-state index in [0.29, 0.717) is 11.6 Å². The molecule has 1 aliphatic rings. The summed E-state index contributed by atoms with van der Waals surface area (Å²) < 4.78 is 0. The Hall–Kier alpha value is -0.560. The van der Waals surface area contributed by atoms with Crippen LogP contribution in [-0.4, -0.2) is 69.7 Å². The number of rotatable bonds is 4. The van der Waals surface area contributed by atoms with Crippen molar-refractivity contribution in [3.63, 3.8) is 0 Å². The van der Waals surface area contributed by atoms with Gasteiger partial charge in [-0.2, -0.15) is 11.8 Å². The van der Waals surface area contributed by atoms with Gasteiger partial charge >= 0.3 is 12.0 Å². The fraction of sp³-hybridized carbons (Fsp3) is 0.800. The lowest BCUT2D eigenvalue weighted by molar-refractivity contribution is -0.140. The zero-order chi connectivity index (χ0) is 13.0. The van der Waals surface area contributed by atoms with Gasteiger partial charge in [-0.05, 0) is 13.2 Å². The number of carbonyl (C=O) groups is 2. The monoisotopic (exact) mass is 278 g/mol. The third-order valence-corrected chi connectivity index (χ3v) is 4.61. The minimum Gasteiger partial charge on any atom is -0.480 e. The van der Waals surface area contributed by atoms with E-state index in [0.717, 1.165) is 5.75 Å². The first-order chi connectivity index (χ1) is 7.99. The smallest absolute Gasteiger partial charge is 0.327 e. The molecule has 7 heteroatoms. The standard InChI is InChI=1S/C10H18N2O3S2/c1-7(4-16-3)11(2)10(15)12-6-17-5-8(12)9(13)14/h7-8H,4-6H2,1-3H3,(H,13,14)/t7?,8-/m0/s1. The van der Waals surface area contributed by atoms with Crippen molar-refractivity contribution >= 4 is 35.5 Å². The molecule has 0 aromatic carbocycles. The Morgan fingerprint density at radius 3 is 2.82 bits per heavy atom. The molecule has 1 rings (SSSR count). The van der Waals surface area contributed by atoms with E-state index < -0.39 is 12.0 Å². The van der Waals surface area contributed by atoms with Crippen LogP contribution in [0.4, 0.5) is 4.79 Å². The molecule has 0 bridgehead atoms. The zero-order valence-corrected chi connectivity index (χ0v) is 11.9. The van der Waals surface area contributed by atoms with Crippen LogP contribution in [0.5, 0.6) is 0 Å². The molecular formula is C10H18N2O3S2. The van der Waals surface area contributed by atoms with Crippen LogP contribution in [0.15, 0.2) is 0 Å². The van der Waals surface area contributed by atoms with E-state index in [2.05, 4.69) is 0 Å². The number of hydrogen-bond donors (Lipinski definition) is 1. The van der Waals surface area contributed by atoms with Gasteiger partial charge in [0.05, 0.1) is 5.88 Å². The van der Waals surface area contributed by atoms with Gasteiger partial charge in [0.15, 0.2) is 0 Å². The van der Waals surface area contributed by atoms with Gasteiger partial charge in [0, 0.05) is 24.6 Å². The predicted octanol–water partition coefficient (Wildman–Crippen LogP) is 1.25. The lowest BCUT2D eigenvalue weighted by atomic mass is 10.3. The van der Waals surface area contributed by atoms with Crippen LogP contribution >= 0.6 is 23.5 Å². The number of nitrogens with zero attached hydrogens (tertiary/aromatic N) is 2. The molecule has 0 aliphatic carbocycles. The van der Waals surface area contributed by atoms with Gasteiger partial charge in [-0.25, -0.2) is 9.59 Å². The number of carbonyl (C=O) groups excluding carboxylic acids is 1. The quantitative estimate of drug-likeness (QED) is 0.838. The van der Waals surface area contributed by atoms with E-state index in [9.17, 15) is 9.59 Å². The SMILES string of the molecule is CSCC(C)N(C)C(=O)N1CSC[C@H]1C(=O)O. The van der Waals surface area contributed by atoms with Gasteiger partial charge in [0.25, 0.3) is 0 Å². The minimum absolute atomic E-state index is 0.109. The molecule has 1 N–H and O–H groups in total. The summed E-state index contributed by atoms with van der Waals surface area (Å²) in [5.41, 5.74) is 0. The third-order valence-electron chi connectivity index (χ3n) is 2.78. The molecule has 1 aliphatic heterocycles. The molecule has 2 amide bonds. The van der Waals surface area contributed by atoms with Gasteiger partial charge in [0.2, 0.25) is 0 Å². The number of hydrogen-bond acceptors (Lipinski definition) is 4. The van der Waals surface area contributed by atoms with E-state index in [4.69, 9.17) is 5.11 Å². The molecule has 1 unspecified atom stereocenters. The van der Waals surface area contributed by atoms with E-state index >= 15 is 0 Å². The molecule has 0 saturated carbocycles. The summed E-state index contributed by atoms with van der Waals surface area (Å²) >= 11 is 3.15. The largest absolute Gasteiger partial charge is 0.480 e. The van der Waals surface area contributed by atoms with E-state index in [1.165, 1.54) is 16.7 Å². The molecule has 5 nitrogen and oxygen atoms in total. The first-order valence-corrected chi connectivity index (χ1v) is 7.86. The second-order valence-corrected chi connectivity index (χ2v) is 5.93. The van der Waals surface area contributed by atoms with Crippen LogP contribution in [0, 0.1) is 0 Å².